The van der Waals surface area contributed by atoms with Gasteiger partial charge in [-0.25, -0.2) is 0 Å². The van der Waals surface area contributed by atoms with Crippen LogP contribution in [0.3, 0.4) is 0 Å². The summed E-state index contributed by atoms with van der Waals surface area (Å²) in [5.41, 5.74) is 3.10. The molecule has 0 saturated heterocycles. The molecule has 4 heteroatoms. The van der Waals surface area contributed by atoms with Crippen molar-refractivity contribution in [3.8, 4) is 5.75 Å². The molecule has 0 saturated carbocycles. The van der Waals surface area contributed by atoms with Crippen LogP contribution in [0.1, 0.15) is 29.2 Å². The minimum atomic E-state index is -0.560. The van der Waals surface area contributed by atoms with Crippen molar-refractivity contribution in [3.05, 3.63) is 65.2 Å². The van der Waals surface area contributed by atoms with E-state index in [9.17, 15) is 15.0 Å². The van der Waals surface area contributed by atoms with Crippen LogP contribution in [0.4, 0.5) is 0 Å². The van der Waals surface area contributed by atoms with Crippen molar-refractivity contribution in [1.82, 2.24) is 5.32 Å². The smallest absolute Gasteiger partial charge is 0.220 e. The van der Waals surface area contributed by atoms with Crippen LogP contribution in [0.15, 0.2) is 48.5 Å². The second-order valence-corrected chi connectivity index (χ2v) is 5.68. The highest BCUT2D eigenvalue weighted by atomic mass is 16.3. The predicted octanol–water partition coefficient (Wildman–Crippen LogP) is 2.10. The van der Waals surface area contributed by atoms with E-state index >= 15 is 0 Å². The Morgan fingerprint density at radius 1 is 1.14 bits per heavy atom. The van der Waals surface area contributed by atoms with E-state index in [0.29, 0.717) is 19.3 Å². The van der Waals surface area contributed by atoms with E-state index in [0.717, 1.165) is 16.7 Å². The first kappa shape index (κ1) is 14.6. The van der Waals surface area contributed by atoms with E-state index in [1.54, 1.807) is 12.1 Å². The number of aryl methyl sites for hydroxylation is 1. The molecule has 2 aromatic rings. The number of aliphatic hydroxyl groups excluding tert-OH is 1. The summed E-state index contributed by atoms with van der Waals surface area (Å²) in [6.07, 6.45) is 0.987. The maximum atomic E-state index is 12.1. The topological polar surface area (TPSA) is 69.6 Å². The summed E-state index contributed by atoms with van der Waals surface area (Å²) in [4.78, 5) is 12.1. The molecule has 0 heterocycles. The Balaban J connectivity index is 1.59. The predicted molar refractivity (Wildman–Crippen MR) is 83.5 cm³/mol. The molecule has 3 N–H and O–H groups in total. The quantitative estimate of drug-likeness (QED) is 0.809. The summed E-state index contributed by atoms with van der Waals surface area (Å²) < 4.78 is 0. The molecule has 114 valence electrons. The lowest BCUT2D eigenvalue weighted by molar-refractivity contribution is -0.122. The molecule has 0 spiro atoms. The highest BCUT2D eigenvalue weighted by Gasteiger charge is 2.31. The molecule has 0 fully saturated rings. The Kier molecular flexibility index (Phi) is 4.11. The first-order chi connectivity index (χ1) is 10.6. The minimum Gasteiger partial charge on any atom is -0.508 e. The zero-order valence-electron chi connectivity index (χ0n) is 12.2. The van der Waals surface area contributed by atoms with Crippen LogP contribution in [0.5, 0.6) is 5.75 Å². The number of carbonyl (C=O) groups is 1. The summed E-state index contributed by atoms with van der Waals surface area (Å²) in [6.45, 7) is 0. The largest absolute Gasteiger partial charge is 0.508 e. The fourth-order valence-corrected chi connectivity index (χ4v) is 2.91. The zero-order valence-corrected chi connectivity index (χ0v) is 12.2. The van der Waals surface area contributed by atoms with E-state index in [1.807, 2.05) is 36.4 Å². The number of rotatable bonds is 4. The number of carbonyl (C=O) groups excluding carboxylic acids is 1. The average Bonchev–Trinajstić information content (AvgIpc) is 2.83. The number of aliphatic hydroxyl groups is 1. The SMILES string of the molecule is O=C(CCc1ccc(O)cc1)NC1c2ccccc2CC1O. The summed E-state index contributed by atoms with van der Waals surface area (Å²) in [6, 6.07) is 14.3. The highest BCUT2D eigenvalue weighted by Crippen LogP contribution is 2.31. The van der Waals surface area contributed by atoms with Crippen LogP contribution in [-0.2, 0) is 17.6 Å². The molecule has 1 aliphatic rings. The van der Waals surface area contributed by atoms with Gasteiger partial charge >= 0.3 is 0 Å². The molecule has 0 aromatic heterocycles. The standard InChI is InChI=1S/C18H19NO3/c20-14-8-5-12(6-9-14)7-10-17(22)19-18-15-4-2-1-3-13(15)11-16(18)21/h1-6,8-9,16,18,20-21H,7,10-11H2,(H,19,22). The first-order valence-corrected chi connectivity index (χ1v) is 7.46. The third kappa shape index (κ3) is 3.12. The van der Waals surface area contributed by atoms with Crippen LogP contribution >= 0.6 is 0 Å². The number of hydrogen-bond acceptors (Lipinski definition) is 3. The van der Waals surface area contributed by atoms with Crippen LogP contribution in [0.2, 0.25) is 0 Å². The molecule has 2 aromatic carbocycles. The van der Waals surface area contributed by atoms with E-state index in [-0.39, 0.29) is 17.7 Å². The van der Waals surface area contributed by atoms with Crippen LogP contribution < -0.4 is 5.32 Å². The molecule has 1 amide bonds. The van der Waals surface area contributed by atoms with Crippen LogP contribution in [-0.4, -0.2) is 22.2 Å². The summed E-state index contributed by atoms with van der Waals surface area (Å²) in [7, 11) is 0. The molecule has 0 aliphatic heterocycles. The van der Waals surface area contributed by atoms with Gasteiger partial charge in [0.1, 0.15) is 5.75 Å². The van der Waals surface area contributed by atoms with E-state index in [1.165, 1.54) is 0 Å². The van der Waals surface area contributed by atoms with Crippen molar-refractivity contribution in [1.29, 1.82) is 0 Å². The number of phenols is 1. The molecule has 3 rings (SSSR count). The van der Waals surface area contributed by atoms with Crippen molar-refractivity contribution in [2.75, 3.05) is 0 Å². The van der Waals surface area contributed by atoms with Gasteiger partial charge in [-0.2, -0.15) is 0 Å². The normalized spacial score (nSPS) is 19.7. The fourth-order valence-electron chi connectivity index (χ4n) is 2.91. The van der Waals surface area contributed by atoms with Gasteiger partial charge in [0.2, 0.25) is 5.91 Å². The number of aromatic hydroxyl groups is 1. The monoisotopic (exact) mass is 297 g/mol. The Morgan fingerprint density at radius 2 is 1.86 bits per heavy atom. The first-order valence-electron chi connectivity index (χ1n) is 7.46. The van der Waals surface area contributed by atoms with Gasteiger partial charge < -0.3 is 15.5 Å². The number of benzene rings is 2. The summed E-state index contributed by atoms with van der Waals surface area (Å²) >= 11 is 0. The van der Waals surface area contributed by atoms with Gasteiger partial charge in [-0.05, 0) is 35.2 Å². The molecule has 0 radical (unpaired) electrons. The Labute approximate surface area is 129 Å². The van der Waals surface area contributed by atoms with Crippen LogP contribution in [0, 0.1) is 0 Å². The number of amides is 1. The Bertz CT molecular complexity index is 666. The number of nitrogens with one attached hydrogen (secondary N) is 1. The average molecular weight is 297 g/mol. The van der Waals surface area contributed by atoms with Crippen molar-refractivity contribution in [2.45, 2.75) is 31.4 Å². The van der Waals surface area contributed by atoms with Gasteiger partial charge in [0.25, 0.3) is 0 Å². The zero-order chi connectivity index (χ0) is 15.5. The lowest BCUT2D eigenvalue weighted by Crippen LogP contribution is -2.33. The molecule has 4 nitrogen and oxygen atoms in total. The number of hydrogen-bond donors (Lipinski definition) is 3. The molecule has 2 atom stereocenters. The highest BCUT2D eigenvalue weighted by molar-refractivity contribution is 5.77. The van der Waals surface area contributed by atoms with E-state index in [4.69, 9.17) is 0 Å². The molecule has 2 unspecified atom stereocenters. The second-order valence-electron chi connectivity index (χ2n) is 5.68. The van der Waals surface area contributed by atoms with Gasteiger partial charge in [0.05, 0.1) is 12.1 Å². The summed E-state index contributed by atoms with van der Waals surface area (Å²) in [5, 5.41) is 22.3. The Hall–Kier alpha value is -2.33. The Morgan fingerprint density at radius 3 is 2.64 bits per heavy atom. The third-order valence-corrected chi connectivity index (χ3v) is 4.10. The third-order valence-electron chi connectivity index (χ3n) is 4.10. The minimum absolute atomic E-state index is 0.0752. The molecular formula is C18H19NO3. The molecule has 22 heavy (non-hydrogen) atoms. The summed E-state index contributed by atoms with van der Waals surface area (Å²) in [5.74, 6) is 0.146. The van der Waals surface area contributed by atoms with Crippen molar-refractivity contribution in [2.24, 2.45) is 0 Å². The van der Waals surface area contributed by atoms with Crippen molar-refractivity contribution >= 4 is 5.91 Å². The molecule has 1 aliphatic carbocycles. The maximum absolute atomic E-state index is 12.1. The van der Waals surface area contributed by atoms with Gasteiger partial charge in [0.15, 0.2) is 0 Å². The van der Waals surface area contributed by atoms with Crippen molar-refractivity contribution in [3.63, 3.8) is 0 Å². The maximum Gasteiger partial charge on any atom is 0.220 e. The van der Waals surface area contributed by atoms with E-state index in [2.05, 4.69) is 5.32 Å². The molecule has 0 bridgehead atoms. The number of fused-ring (bicyclic) bond motifs is 1. The molecular weight excluding hydrogens is 278 g/mol. The van der Waals surface area contributed by atoms with Gasteiger partial charge in [-0.15, -0.1) is 0 Å². The lowest BCUT2D eigenvalue weighted by atomic mass is 10.1. The fraction of sp³-hybridized carbons (Fsp3) is 0.278. The second kappa shape index (κ2) is 6.20. The number of phenolic OH excluding ortho intramolecular Hbond substituents is 1. The van der Waals surface area contributed by atoms with Gasteiger partial charge in [-0.3, -0.25) is 4.79 Å². The van der Waals surface area contributed by atoms with Crippen LogP contribution in [0.25, 0.3) is 0 Å². The lowest BCUT2D eigenvalue weighted by Gasteiger charge is -2.18. The van der Waals surface area contributed by atoms with Gasteiger partial charge in [0, 0.05) is 12.8 Å². The van der Waals surface area contributed by atoms with Crippen molar-refractivity contribution < 1.29 is 15.0 Å². The van der Waals surface area contributed by atoms with E-state index < -0.39 is 6.10 Å². The van der Waals surface area contributed by atoms with Gasteiger partial charge in [-0.1, -0.05) is 36.4 Å².